The third-order valence-electron chi connectivity index (χ3n) is 6.53. The first-order valence-corrected chi connectivity index (χ1v) is 11.7. The van der Waals surface area contributed by atoms with Gasteiger partial charge in [-0.05, 0) is 61.8 Å². The van der Waals surface area contributed by atoms with E-state index in [-0.39, 0.29) is 5.28 Å². The molecule has 2 aliphatic rings. The van der Waals surface area contributed by atoms with Crippen LogP contribution < -0.4 is 10.2 Å². The van der Waals surface area contributed by atoms with Crippen molar-refractivity contribution < 1.29 is 4.74 Å². The van der Waals surface area contributed by atoms with Gasteiger partial charge in [-0.3, -0.25) is 0 Å². The number of hydrazine groups is 1. The van der Waals surface area contributed by atoms with Crippen LogP contribution in [0, 0.1) is 5.92 Å². The summed E-state index contributed by atoms with van der Waals surface area (Å²) in [7, 11) is 0. The topological polar surface area (TPSA) is 68.1 Å². The maximum Gasteiger partial charge on any atom is 0.226 e. The Morgan fingerprint density at radius 2 is 1.81 bits per heavy atom. The van der Waals surface area contributed by atoms with Gasteiger partial charge in [0.25, 0.3) is 0 Å². The number of nitrogens with one attached hydrogen (secondary N) is 1. The van der Waals surface area contributed by atoms with Gasteiger partial charge in [0.1, 0.15) is 5.75 Å². The van der Waals surface area contributed by atoms with Crippen LogP contribution in [0.2, 0.25) is 5.28 Å². The van der Waals surface area contributed by atoms with Crippen molar-refractivity contribution >= 4 is 28.6 Å². The zero-order chi connectivity index (χ0) is 21.0. The van der Waals surface area contributed by atoms with Gasteiger partial charge in [0.15, 0.2) is 17.0 Å². The van der Waals surface area contributed by atoms with Crippen LogP contribution in [0.5, 0.6) is 5.75 Å². The maximum absolute atomic E-state index is 6.27. The molecule has 2 fully saturated rings. The number of hydrogen-bond donors (Lipinski definition) is 1. The molecule has 3 heterocycles. The number of ether oxygens (including phenoxy) is 1. The van der Waals surface area contributed by atoms with Crippen molar-refractivity contribution in [2.75, 3.05) is 25.1 Å². The molecule has 164 valence electrons. The van der Waals surface area contributed by atoms with Crippen molar-refractivity contribution in [2.45, 2.75) is 51.0 Å². The highest BCUT2D eigenvalue weighted by Crippen LogP contribution is 2.33. The number of benzene rings is 1. The fourth-order valence-electron chi connectivity index (χ4n) is 4.76. The van der Waals surface area contributed by atoms with Gasteiger partial charge in [0.05, 0.1) is 12.9 Å². The van der Waals surface area contributed by atoms with Crippen molar-refractivity contribution in [3.05, 3.63) is 41.9 Å². The average Bonchev–Trinajstić information content (AvgIpc) is 3.45. The summed E-state index contributed by atoms with van der Waals surface area (Å²) in [6, 6.07) is 10.5. The zero-order valence-electron chi connectivity index (χ0n) is 17.7. The number of piperidine rings is 1. The van der Waals surface area contributed by atoms with Gasteiger partial charge >= 0.3 is 0 Å². The van der Waals surface area contributed by atoms with Crippen LogP contribution in [0.25, 0.3) is 11.2 Å². The normalized spacial score (nSPS) is 18.6. The molecule has 1 saturated heterocycles. The molecule has 1 saturated carbocycles. The lowest BCUT2D eigenvalue weighted by Crippen LogP contribution is -2.38. The van der Waals surface area contributed by atoms with Crippen LogP contribution in [-0.4, -0.2) is 44.2 Å². The predicted octanol–water partition coefficient (Wildman–Crippen LogP) is 5.10. The van der Waals surface area contributed by atoms with Gasteiger partial charge in [0.2, 0.25) is 5.28 Å². The second-order valence-electron chi connectivity index (χ2n) is 8.60. The molecule has 1 aliphatic carbocycles. The minimum Gasteiger partial charge on any atom is -0.494 e. The highest BCUT2D eigenvalue weighted by molar-refractivity contribution is 6.28. The van der Waals surface area contributed by atoms with Gasteiger partial charge in [-0.1, -0.05) is 31.0 Å². The van der Waals surface area contributed by atoms with Crippen LogP contribution in [0.15, 0.2) is 36.7 Å². The molecule has 0 atom stereocenters. The van der Waals surface area contributed by atoms with Crippen LogP contribution in [0.3, 0.4) is 0 Å². The van der Waals surface area contributed by atoms with E-state index < -0.39 is 0 Å². The van der Waals surface area contributed by atoms with Crippen LogP contribution >= 0.6 is 11.6 Å². The number of rotatable bonds is 7. The fourth-order valence-corrected chi connectivity index (χ4v) is 4.93. The molecule has 1 aliphatic heterocycles. The molecular weight excluding hydrogens is 412 g/mol. The number of nitrogens with zero attached hydrogens (tertiary/aromatic N) is 5. The van der Waals surface area contributed by atoms with E-state index in [0.29, 0.717) is 17.8 Å². The third-order valence-corrected chi connectivity index (χ3v) is 6.70. The minimum absolute atomic E-state index is 0.266. The Kier molecular flexibility index (Phi) is 6.22. The minimum atomic E-state index is 0.266. The first kappa shape index (κ1) is 20.5. The molecule has 0 bridgehead atoms. The largest absolute Gasteiger partial charge is 0.494 e. The molecule has 5 rings (SSSR count). The first-order valence-electron chi connectivity index (χ1n) is 11.4. The molecule has 0 unspecified atom stereocenters. The molecule has 2 aromatic heterocycles. The number of aromatic nitrogens is 4. The second kappa shape index (κ2) is 9.40. The molecule has 0 spiro atoms. The van der Waals surface area contributed by atoms with Crippen molar-refractivity contribution in [2.24, 2.45) is 5.92 Å². The van der Waals surface area contributed by atoms with E-state index in [1.807, 2.05) is 36.7 Å². The lowest BCUT2D eigenvalue weighted by atomic mass is 9.95. The third kappa shape index (κ3) is 4.77. The highest BCUT2D eigenvalue weighted by Gasteiger charge is 2.24. The second-order valence-corrected chi connectivity index (χ2v) is 8.93. The van der Waals surface area contributed by atoms with Gasteiger partial charge < -0.3 is 14.7 Å². The molecule has 31 heavy (non-hydrogen) atoms. The Morgan fingerprint density at radius 3 is 2.58 bits per heavy atom. The van der Waals surface area contributed by atoms with Gasteiger partial charge in [-0.2, -0.15) is 9.97 Å². The average molecular weight is 441 g/mol. The smallest absolute Gasteiger partial charge is 0.226 e. The van der Waals surface area contributed by atoms with E-state index in [4.69, 9.17) is 16.3 Å². The highest BCUT2D eigenvalue weighted by atomic mass is 35.5. The van der Waals surface area contributed by atoms with E-state index in [1.54, 1.807) is 0 Å². The van der Waals surface area contributed by atoms with Crippen molar-refractivity contribution in [1.29, 1.82) is 0 Å². The van der Waals surface area contributed by atoms with E-state index in [0.717, 1.165) is 55.9 Å². The molecule has 0 amide bonds. The number of anilines is 1. The summed E-state index contributed by atoms with van der Waals surface area (Å²) in [4.78, 5) is 13.6. The lowest BCUT2D eigenvalue weighted by molar-refractivity contribution is 0.186. The Labute approximate surface area is 187 Å². The summed E-state index contributed by atoms with van der Waals surface area (Å²) in [5.41, 5.74) is 5.10. The molecule has 1 N–H and O–H groups in total. The Bertz CT molecular complexity index is 996. The van der Waals surface area contributed by atoms with E-state index in [2.05, 4.69) is 30.0 Å². The molecule has 1 aromatic carbocycles. The quantitative estimate of drug-likeness (QED) is 0.515. The van der Waals surface area contributed by atoms with E-state index >= 15 is 0 Å². The standard InChI is InChI=1S/C23H29ClN6O/c24-23-26-21(20-22(27-23)30(16-25-20)18-6-4-5-7-18)28-29-13-10-17(11-14-29)12-15-31-19-8-2-1-3-9-19/h1-3,8-9,16-18H,4-7,10-15H2,(H,26,27,28). The SMILES string of the molecule is Clc1nc(NN2CCC(CCOc3ccccc3)CC2)c2ncn(C3CCCC3)c2n1. The Balaban J connectivity index is 1.17. The molecule has 8 heteroatoms. The predicted molar refractivity (Wildman–Crippen MR) is 122 cm³/mol. The number of halogens is 1. The summed E-state index contributed by atoms with van der Waals surface area (Å²) >= 11 is 6.27. The molecule has 0 radical (unpaired) electrons. The fraction of sp³-hybridized carbons (Fsp3) is 0.522. The number of imidazole rings is 1. The molecule has 3 aromatic rings. The van der Waals surface area contributed by atoms with Crippen molar-refractivity contribution in [3.8, 4) is 5.75 Å². The summed E-state index contributed by atoms with van der Waals surface area (Å²) in [5, 5.41) is 2.49. The van der Waals surface area contributed by atoms with E-state index in [9.17, 15) is 0 Å². The number of hydrogen-bond acceptors (Lipinski definition) is 6. The maximum atomic E-state index is 6.27. The van der Waals surface area contributed by atoms with Crippen LogP contribution in [0.1, 0.15) is 51.0 Å². The van der Waals surface area contributed by atoms with E-state index in [1.165, 1.54) is 25.7 Å². The molecule has 7 nitrogen and oxygen atoms in total. The lowest BCUT2D eigenvalue weighted by Gasteiger charge is -2.32. The van der Waals surface area contributed by atoms with Gasteiger partial charge in [-0.25, -0.2) is 9.99 Å². The summed E-state index contributed by atoms with van der Waals surface area (Å²) < 4.78 is 8.05. The van der Waals surface area contributed by atoms with Crippen molar-refractivity contribution in [3.63, 3.8) is 0 Å². The Morgan fingerprint density at radius 1 is 1.03 bits per heavy atom. The van der Waals surface area contributed by atoms with Crippen LogP contribution in [0.4, 0.5) is 5.82 Å². The van der Waals surface area contributed by atoms with Crippen LogP contribution in [-0.2, 0) is 0 Å². The van der Waals surface area contributed by atoms with Gasteiger partial charge in [-0.15, -0.1) is 0 Å². The summed E-state index contributed by atoms with van der Waals surface area (Å²) in [6.45, 7) is 2.69. The number of para-hydroxylation sites is 1. The first-order chi connectivity index (χ1) is 15.3. The van der Waals surface area contributed by atoms with Gasteiger partial charge in [0, 0.05) is 19.1 Å². The summed E-state index contributed by atoms with van der Waals surface area (Å²) in [5.74, 6) is 2.33. The molecular formula is C23H29ClN6O. The monoisotopic (exact) mass is 440 g/mol. The number of fused-ring (bicyclic) bond motifs is 1. The summed E-state index contributed by atoms with van der Waals surface area (Å²) in [6.07, 6.45) is 10.1. The van der Waals surface area contributed by atoms with Crippen molar-refractivity contribution in [1.82, 2.24) is 24.5 Å². The zero-order valence-corrected chi connectivity index (χ0v) is 18.5. The Hall–Kier alpha value is -2.38.